The summed E-state index contributed by atoms with van der Waals surface area (Å²) in [6, 6.07) is 7.87. The number of benzene rings is 1. The molecule has 0 radical (unpaired) electrons. The molecule has 1 atom stereocenters. The van der Waals surface area contributed by atoms with Gasteiger partial charge >= 0.3 is 11.9 Å². The molecule has 0 saturated carbocycles. The van der Waals surface area contributed by atoms with E-state index < -0.39 is 16.0 Å². The first-order valence-electron chi connectivity index (χ1n) is 11.4. The minimum atomic E-state index is -4.00. The number of piperidine rings is 1. The lowest BCUT2D eigenvalue weighted by atomic mass is 9.98. The van der Waals surface area contributed by atoms with Crippen LogP contribution >= 0.6 is 0 Å². The molecule has 1 saturated heterocycles. The van der Waals surface area contributed by atoms with E-state index in [9.17, 15) is 23.1 Å². The van der Waals surface area contributed by atoms with Gasteiger partial charge in [-0.1, -0.05) is 26.0 Å². The van der Waals surface area contributed by atoms with Crippen LogP contribution in [0.2, 0.25) is 0 Å². The van der Waals surface area contributed by atoms with Gasteiger partial charge in [-0.15, -0.1) is 0 Å². The van der Waals surface area contributed by atoms with Gasteiger partial charge in [0.15, 0.2) is 5.82 Å². The van der Waals surface area contributed by atoms with Crippen molar-refractivity contribution in [3.63, 3.8) is 0 Å². The largest absolute Gasteiger partial charge is 0.478 e. The monoisotopic (exact) mass is 489 g/mol. The maximum Gasteiger partial charge on any atom is 0.337 e. The van der Waals surface area contributed by atoms with Gasteiger partial charge in [0, 0.05) is 19.3 Å². The van der Waals surface area contributed by atoms with E-state index in [2.05, 4.69) is 23.6 Å². The van der Waals surface area contributed by atoms with Crippen molar-refractivity contribution in [3.8, 4) is 0 Å². The van der Waals surface area contributed by atoms with Crippen LogP contribution in [-0.2, 0) is 26.0 Å². The maximum absolute atomic E-state index is 13.1. The van der Waals surface area contributed by atoms with E-state index in [1.807, 2.05) is 0 Å². The first kappa shape index (κ1) is 25.5. The summed E-state index contributed by atoms with van der Waals surface area (Å²) in [5, 5.41) is 9.41. The zero-order valence-corrected chi connectivity index (χ0v) is 20.5. The molecule has 3 rings (SSSR count). The van der Waals surface area contributed by atoms with Crippen molar-refractivity contribution in [3.05, 3.63) is 47.7 Å². The summed E-state index contributed by atoms with van der Waals surface area (Å²) in [5.41, 5.74) is 0.936. The van der Waals surface area contributed by atoms with Crippen LogP contribution in [-0.4, -0.2) is 50.1 Å². The standard InChI is InChI=1S/C24H31N3O6S/c1-4-33-24(30)18-6-5-11-27(15-18)22-21(13-19(14-25-22)23(28)29)26-34(31,32)20-9-7-17(8-10-20)12-16(2)3/h7-10,13-14,16,18,26H,4-6,11-12,15H2,1-3H3,(H,28,29)/t18-/m1/s1. The van der Waals surface area contributed by atoms with Crippen LogP contribution in [0.3, 0.4) is 0 Å². The number of esters is 1. The summed E-state index contributed by atoms with van der Waals surface area (Å²) in [6.07, 6.45) is 3.37. The van der Waals surface area contributed by atoms with Crippen LogP contribution in [0.5, 0.6) is 0 Å². The van der Waals surface area contributed by atoms with Crippen molar-refractivity contribution >= 4 is 33.5 Å². The highest BCUT2D eigenvalue weighted by Gasteiger charge is 2.30. The molecular weight excluding hydrogens is 458 g/mol. The Morgan fingerprint density at radius 2 is 1.97 bits per heavy atom. The van der Waals surface area contributed by atoms with Crippen LogP contribution in [0.1, 0.15) is 49.5 Å². The van der Waals surface area contributed by atoms with Gasteiger partial charge in [0.2, 0.25) is 0 Å². The van der Waals surface area contributed by atoms with Crippen LogP contribution in [0, 0.1) is 11.8 Å². The van der Waals surface area contributed by atoms with Gasteiger partial charge in [-0.05, 0) is 55.9 Å². The molecule has 0 bridgehead atoms. The first-order valence-corrected chi connectivity index (χ1v) is 12.9. The molecule has 1 aliphatic rings. The second-order valence-electron chi connectivity index (χ2n) is 8.78. The molecule has 1 aliphatic heterocycles. The van der Waals surface area contributed by atoms with Crippen LogP contribution < -0.4 is 9.62 Å². The van der Waals surface area contributed by atoms with Crippen molar-refractivity contribution in [2.24, 2.45) is 11.8 Å². The molecule has 1 aromatic carbocycles. The van der Waals surface area contributed by atoms with Crippen LogP contribution in [0.25, 0.3) is 0 Å². The number of hydrogen-bond acceptors (Lipinski definition) is 7. The average molecular weight is 490 g/mol. The summed E-state index contributed by atoms with van der Waals surface area (Å²) in [5.74, 6) is -1.18. The number of nitrogens with zero attached hydrogens (tertiary/aromatic N) is 2. The second-order valence-corrected chi connectivity index (χ2v) is 10.5. The van der Waals surface area contributed by atoms with Crippen LogP contribution in [0.4, 0.5) is 11.5 Å². The Morgan fingerprint density at radius 1 is 1.26 bits per heavy atom. The van der Waals surface area contributed by atoms with Gasteiger partial charge in [-0.2, -0.15) is 0 Å². The Balaban J connectivity index is 1.91. The Bertz CT molecular complexity index is 1130. The lowest BCUT2D eigenvalue weighted by Gasteiger charge is -2.33. The smallest absolute Gasteiger partial charge is 0.337 e. The van der Waals surface area contributed by atoms with Gasteiger partial charge in [0.1, 0.15) is 0 Å². The van der Waals surface area contributed by atoms with Crippen molar-refractivity contribution in [1.82, 2.24) is 4.98 Å². The molecule has 1 aromatic heterocycles. The molecule has 0 unspecified atom stereocenters. The summed E-state index contributed by atoms with van der Waals surface area (Å²) in [7, 11) is -4.00. The zero-order valence-electron chi connectivity index (χ0n) is 19.7. The second kappa shape index (κ2) is 10.9. The molecule has 2 aromatic rings. The Labute approximate surface area is 200 Å². The fourth-order valence-electron chi connectivity index (χ4n) is 4.00. The van der Waals surface area contributed by atoms with Crippen LogP contribution in [0.15, 0.2) is 41.4 Å². The number of hydrogen-bond donors (Lipinski definition) is 2. The molecule has 0 aliphatic carbocycles. The van der Waals surface area contributed by atoms with Gasteiger partial charge in [0.25, 0.3) is 10.0 Å². The predicted molar refractivity (Wildman–Crippen MR) is 129 cm³/mol. The normalized spacial score (nSPS) is 16.4. The minimum Gasteiger partial charge on any atom is -0.478 e. The van der Waals surface area contributed by atoms with Gasteiger partial charge < -0.3 is 14.7 Å². The van der Waals surface area contributed by atoms with Crippen molar-refractivity contribution in [2.45, 2.75) is 44.9 Å². The summed E-state index contributed by atoms with van der Waals surface area (Å²) in [4.78, 5) is 29.9. The Hall–Kier alpha value is -3.14. The topological polar surface area (TPSA) is 126 Å². The number of anilines is 2. The number of ether oxygens (including phenoxy) is 1. The number of aromatic nitrogens is 1. The third-order valence-corrected chi connectivity index (χ3v) is 6.96. The molecule has 2 N–H and O–H groups in total. The Morgan fingerprint density at radius 3 is 2.59 bits per heavy atom. The van der Waals surface area contributed by atoms with E-state index in [-0.39, 0.29) is 40.5 Å². The van der Waals surface area contributed by atoms with Gasteiger partial charge in [-0.25, -0.2) is 18.2 Å². The van der Waals surface area contributed by atoms with E-state index in [0.717, 1.165) is 12.0 Å². The number of aromatic carboxylic acids is 1. The highest BCUT2D eigenvalue weighted by molar-refractivity contribution is 7.92. The van der Waals surface area contributed by atoms with E-state index in [0.29, 0.717) is 31.8 Å². The lowest BCUT2D eigenvalue weighted by molar-refractivity contribution is -0.148. The van der Waals surface area contributed by atoms with E-state index >= 15 is 0 Å². The number of carboxylic acids is 1. The molecule has 0 spiro atoms. The Kier molecular flexibility index (Phi) is 8.14. The molecule has 1 fully saturated rings. The third-order valence-electron chi connectivity index (χ3n) is 5.58. The quantitative estimate of drug-likeness (QED) is 0.512. The fourth-order valence-corrected chi connectivity index (χ4v) is 5.06. The van der Waals surface area contributed by atoms with Crippen molar-refractivity contribution in [1.29, 1.82) is 0 Å². The number of carbonyl (C=O) groups excluding carboxylic acids is 1. The SMILES string of the molecule is CCOC(=O)[C@@H]1CCCN(c2ncc(C(=O)O)cc2NS(=O)(=O)c2ccc(CC(C)C)cc2)C1. The number of pyridine rings is 1. The molecule has 10 heteroatoms. The maximum atomic E-state index is 13.1. The third kappa shape index (κ3) is 6.25. The first-order chi connectivity index (χ1) is 16.1. The molecule has 34 heavy (non-hydrogen) atoms. The van der Waals surface area contributed by atoms with Gasteiger partial charge in [0.05, 0.1) is 28.7 Å². The van der Waals surface area contributed by atoms with Crippen molar-refractivity contribution < 1.29 is 27.9 Å². The summed E-state index contributed by atoms with van der Waals surface area (Å²) < 4.78 is 33.9. The lowest BCUT2D eigenvalue weighted by Crippen LogP contribution is -2.40. The van der Waals surface area contributed by atoms with Gasteiger partial charge in [-0.3, -0.25) is 9.52 Å². The van der Waals surface area contributed by atoms with E-state index in [1.165, 1.54) is 24.4 Å². The number of sulfonamides is 1. The minimum absolute atomic E-state index is 0.0515. The summed E-state index contributed by atoms with van der Waals surface area (Å²) >= 11 is 0. The number of rotatable bonds is 9. The molecule has 9 nitrogen and oxygen atoms in total. The molecule has 184 valence electrons. The highest BCUT2D eigenvalue weighted by Crippen LogP contribution is 2.31. The number of nitrogens with one attached hydrogen (secondary N) is 1. The average Bonchev–Trinajstić information content (AvgIpc) is 2.79. The molecule has 0 amide bonds. The highest BCUT2D eigenvalue weighted by atomic mass is 32.2. The fraction of sp³-hybridized carbons (Fsp3) is 0.458. The van der Waals surface area contributed by atoms with E-state index in [1.54, 1.807) is 24.0 Å². The molecular formula is C24H31N3O6S. The molecule has 2 heterocycles. The zero-order chi connectivity index (χ0) is 24.9. The predicted octanol–water partition coefficient (Wildman–Crippen LogP) is 3.56. The number of carboxylic acid groups (broad SMARTS) is 1. The summed E-state index contributed by atoms with van der Waals surface area (Å²) in [6.45, 7) is 7.05. The number of carbonyl (C=O) groups is 2. The van der Waals surface area contributed by atoms with E-state index in [4.69, 9.17) is 4.74 Å². The van der Waals surface area contributed by atoms with Crippen molar-refractivity contribution in [2.75, 3.05) is 29.3 Å².